The number of aromatic hydroxyl groups is 1. The van der Waals surface area contributed by atoms with E-state index in [1.54, 1.807) is 0 Å². The van der Waals surface area contributed by atoms with E-state index < -0.39 is 43.3 Å². The van der Waals surface area contributed by atoms with Gasteiger partial charge in [-0.3, -0.25) is 0 Å². The first-order valence-electron chi connectivity index (χ1n) is 6.77. The van der Waals surface area contributed by atoms with Crippen molar-refractivity contribution in [2.45, 2.75) is 30.7 Å². The number of carbonyl (C=O) groups excluding carboxylic acids is 1. The lowest BCUT2D eigenvalue weighted by molar-refractivity contribution is -0.285. The minimum Gasteiger partial charge on any atom is -0.504 e. The zero-order valence-corrected chi connectivity index (χ0v) is 12.2. The molecule has 0 spiro atoms. The maximum absolute atomic E-state index is 12.1. The Morgan fingerprint density at radius 1 is 1.22 bits per heavy atom. The number of hydrogen-bond donors (Lipinski definition) is 5. The molecule has 128 valence electrons. The first-order valence-corrected chi connectivity index (χ1v) is 6.77. The molecule has 1 aromatic carbocycles. The Morgan fingerprint density at radius 3 is 2.52 bits per heavy atom. The van der Waals surface area contributed by atoms with Gasteiger partial charge in [0.1, 0.15) is 24.4 Å². The highest BCUT2D eigenvalue weighted by atomic mass is 16.7. The van der Waals surface area contributed by atoms with Crippen molar-refractivity contribution < 1.29 is 44.5 Å². The summed E-state index contributed by atoms with van der Waals surface area (Å²) in [5.41, 5.74) is 0.0108. The topological polar surface area (TPSA) is 146 Å². The second-order valence-electron chi connectivity index (χ2n) is 4.99. The molecule has 1 aliphatic heterocycles. The number of benzene rings is 1. The monoisotopic (exact) mass is 330 g/mol. The van der Waals surface area contributed by atoms with Gasteiger partial charge in [0.2, 0.25) is 6.29 Å². The van der Waals surface area contributed by atoms with Crippen molar-refractivity contribution in [2.75, 3.05) is 13.7 Å². The van der Waals surface area contributed by atoms with Crippen LogP contribution >= 0.6 is 0 Å². The Labute approximate surface area is 131 Å². The Balaban J connectivity index is 2.12. The summed E-state index contributed by atoms with van der Waals surface area (Å²) >= 11 is 0. The molecule has 1 fully saturated rings. The van der Waals surface area contributed by atoms with Crippen molar-refractivity contribution in [3.63, 3.8) is 0 Å². The smallest absolute Gasteiger partial charge is 0.340 e. The van der Waals surface area contributed by atoms with Gasteiger partial charge in [0.15, 0.2) is 11.5 Å². The van der Waals surface area contributed by atoms with Crippen LogP contribution in [-0.2, 0) is 9.47 Å². The third-order valence-electron chi connectivity index (χ3n) is 3.49. The molecule has 2 rings (SSSR count). The van der Waals surface area contributed by atoms with E-state index in [1.807, 2.05) is 0 Å². The van der Waals surface area contributed by atoms with Gasteiger partial charge in [-0.1, -0.05) is 0 Å². The number of aliphatic hydroxyl groups excluding tert-OH is 4. The minimum atomic E-state index is -1.68. The van der Waals surface area contributed by atoms with E-state index in [0.717, 1.165) is 0 Å². The Kier molecular flexibility index (Phi) is 5.39. The second kappa shape index (κ2) is 7.11. The fraction of sp³-hybridized carbons (Fsp3) is 0.500. The van der Waals surface area contributed by atoms with Crippen molar-refractivity contribution in [1.82, 2.24) is 0 Å². The molecule has 0 radical (unpaired) electrons. The SMILES string of the molecule is COc1cc(C(=O)O[C@@H]2O[C@H](CO)[C@@H](O)[C@H](O)[C@H]2O)ccc1O. The van der Waals surface area contributed by atoms with Gasteiger partial charge in [-0.2, -0.15) is 0 Å². The van der Waals surface area contributed by atoms with Crippen LogP contribution in [0.5, 0.6) is 11.5 Å². The van der Waals surface area contributed by atoms with E-state index in [1.165, 1.54) is 25.3 Å². The van der Waals surface area contributed by atoms with Gasteiger partial charge in [-0.05, 0) is 18.2 Å². The quantitative estimate of drug-likeness (QED) is 0.410. The lowest BCUT2D eigenvalue weighted by Crippen LogP contribution is -2.59. The summed E-state index contributed by atoms with van der Waals surface area (Å²) in [6.45, 7) is -0.633. The average Bonchev–Trinajstić information content (AvgIpc) is 2.55. The predicted octanol–water partition coefficient (Wildman–Crippen LogP) is -1.64. The lowest BCUT2D eigenvalue weighted by Gasteiger charge is -2.39. The van der Waals surface area contributed by atoms with E-state index in [0.29, 0.717) is 0 Å². The van der Waals surface area contributed by atoms with Crippen LogP contribution < -0.4 is 4.74 Å². The van der Waals surface area contributed by atoms with E-state index in [4.69, 9.17) is 19.3 Å². The van der Waals surface area contributed by atoms with Crippen LogP contribution in [0.1, 0.15) is 10.4 Å². The van der Waals surface area contributed by atoms with E-state index in [-0.39, 0.29) is 17.1 Å². The van der Waals surface area contributed by atoms with Gasteiger partial charge < -0.3 is 39.7 Å². The first kappa shape index (κ1) is 17.4. The molecule has 1 saturated heterocycles. The zero-order valence-electron chi connectivity index (χ0n) is 12.2. The van der Waals surface area contributed by atoms with Gasteiger partial charge in [0.05, 0.1) is 19.3 Å². The number of ether oxygens (including phenoxy) is 3. The molecule has 0 aromatic heterocycles. The summed E-state index contributed by atoms with van der Waals surface area (Å²) < 4.78 is 14.9. The van der Waals surface area contributed by atoms with Crippen LogP contribution in [0.25, 0.3) is 0 Å². The number of phenolic OH excluding ortho intramolecular Hbond substituents is 1. The Hall–Kier alpha value is -1.91. The largest absolute Gasteiger partial charge is 0.504 e. The molecule has 5 N–H and O–H groups in total. The summed E-state index contributed by atoms with van der Waals surface area (Å²) in [4.78, 5) is 12.1. The minimum absolute atomic E-state index is 0.0108. The number of esters is 1. The van der Waals surface area contributed by atoms with Crippen LogP contribution in [0.3, 0.4) is 0 Å². The molecular formula is C14H18O9. The number of aliphatic hydroxyl groups is 4. The molecule has 0 amide bonds. The van der Waals surface area contributed by atoms with Crippen molar-refractivity contribution in [2.24, 2.45) is 0 Å². The van der Waals surface area contributed by atoms with E-state index in [9.17, 15) is 25.2 Å². The zero-order chi connectivity index (χ0) is 17.1. The molecule has 9 nitrogen and oxygen atoms in total. The highest BCUT2D eigenvalue weighted by Gasteiger charge is 2.45. The number of hydrogen-bond acceptors (Lipinski definition) is 9. The molecule has 1 aliphatic rings. The summed E-state index contributed by atoms with van der Waals surface area (Å²) in [6, 6.07) is 3.72. The van der Waals surface area contributed by atoms with Gasteiger partial charge in [0, 0.05) is 0 Å². The number of rotatable bonds is 4. The predicted molar refractivity (Wildman–Crippen MR) is 73.8 cm³/mol. The molecule has 0 unspecified atom stereocenters. The summed E-state index contributed by atoms with van der Waals surface area (Å²) in [5.74, 6) is -1.03. The third-order valence-corrected chi connectivity index (χ3v) is 3.49. The average molecular weight is 330 g/mol. The van der Waals surface area contributed by atoms with Crippen molar-refractivity contribution >= 4 is 5.97 Å². The molecule has 0 bridgehead atoms. The number of methoxy groups -OCH3 is 1. The van der Waals surface area contributed by atoms with E-state index in [2.05, 4.69) is 0 Å². The molecule has 23 heavy (non-hydrogen) atoms. The molecule has 1 heterocycles. The second-order valence-corrected chi connectivity index (χ2v) is 4.99. The van der Waals surface area contributed by atoms with Crippen LogP contribution in [0.2, 0.25) is 0 Å². The summed E-state index contributed by atoms with van der Waals surface area (Å²) in [5, 5.41) is 47.6. The fourth-order valence-electron chi connectivity index (χ4n) is 2.14. The molecule has 1 aromatic rings. The maximum atomic E-state index is 12.1. The highest BCUT2D eigenvalue weighted by molar-refractivity contribution is 5.90. The lowest BCUT2D eigenvalue weighted by atomic mass is 9.99. The van der Waals surface area contributed by atoms with Crippen molar-refractivity contribution in [3.05, 3.63) is 23.8 Å². The van der Waals surface area contributed by atoms with Crippen LogP contribution in [0, 0.1) is 0 Å². The van der Waals surface area contributed by atoms with E-state index >= 15 is 0 Å². The molecule has 0 saturated carbocycles. The summed E-state index contributed by atoms with van der Waals surface area (Å²) in [7, 11) is 1.31. The third kappa shape index (κ3) is 3.54. The first-order chi connectivity index (χ1) is 10.9. The molecule has 9 heteroatoms. The number of carbonyl (C=O) groups is 1. The Morgan fingerprint density at radius 2 is 1.91 bits per heavy atom. The Bertz CT molecular complexity index is 559. The van der Waals surface area contributed by atoms with Crippen LogP contribution in [0.4, 0.5) is 0 Å². The van der Waals surface area contributed by atoms with Gasteiger partial charge >= 0.3 is 5.97 Å². The van der Waals surface area contributed by atoms with Gasteiger partial charge in [-0.25, -0.2) is 4.79 Å². The standard InChI is InChI=1S/C14H18O9/c1-21-8-4-6(2-3-7(8)16)13(20)23-14-12(19)11(18)10(17)9(5-15)22-14/h2-4,9-12,14-19H,5H2,1H3/t9-,10-,11+,12-,14+/m1/s1. The highest BCUT2D eigenvalue weighted by Crippen LogP contribution is 2.28. The molecule has 5 atom stereocenters. The molecule has 0 aliphatic carbocycles. The van der Waals surface area contributed by atoms with Crippen LogP contribution in [-0.4, -0.2) is 75.9 Å². The maximum Gasteiger partial charge on any atom is 0.340 e. The van der Waals surface area contributed by atoms with Gasteiger partial charge in [-0.15, -0.1) is 0 Å². The number of phenols is 1. The summed E-state index contributed by atoms with van der Waals surface area (Å²) in [6.07, 6.45) is -7.62. The van der Waals surface area contributed by atoms with Crippen molar-refractivity contribution in [3.8, 4) is 11.5 Å². The van der Waals surface area contributed by atoms with Crippen LogP contribution in [0.15, 0.2) is 18.2 Å². The van der Waals surface area contributed by atoms with Crippen molar-refractivity contribution in [1.29, 1.82) is 0 Å². The normalized spacial score (nSPS) is 30.7. The molecular weight excluding hydrogens is 312 g/mol. The van der Waals surface area contributed by atoms with Gasteiger partial charge in [0.25, 0.3) is 0 Å². The fourth-order valence-corrected chi connectivity index (χ4v) is 2.14.